The molecular weight excluding hydrogens is 230 g/mol. The minimum atomic E-state index is -3.45. The van der Waals surface area contributed by atoms with Gasteiger partial charge in [0, 0.05) is 18.0 Å². The van der Waals surface area contributed by atoms with Crippen molar-refractivity contribution in [2.24, 2.45) is 0 Å². The van der Waals surface area contributed by atoms with E-state index in [9.17, 15) is 13.2 Å². The van der Waals surface area contributed by atoms with E-state index in [0.717, 1.165) is 6.26 Å². The maximum Gasteiger partial charge on any atom is 0.248 e. The van der Waals surface area contributed by atoms with Crippen LogP contribution in [0.4, 0.5) is 5.82 Å². The summed E-state index contributed by atoms with van der Waals surface area (Å²) in [5.41, 5.74) is -0.101. The molecule has 6 nitrogen and oxygen atoms in total. The molecule has 0 fully saturated rings. The molecule has 7 heteroatoms. The molecule has 1 amide bonds. The molecule has 16 heavy (non-hydrogen) atoms. The molecule has 1 aromatic heterocycles. The van der Waals surface area contributed by atoms with Crippen molar-refractivity contribution in [3.63, 3.8) is 0 Å². The lowest BCUT2D eigenvalue weighted by Gasteiger charge is -2.13. The van der Waals surface area contributed by atoms with E-state index < -0.39 is 15.3 Å². The Morgan fingerprint density at radius 1 is 1.38 bits per heavy atom. The van der Waals surface area contributed by atoms with Crippen molar-refractivity contribution < 1.29 is 13.2 Å². The van der Waals surface area contributed by atoms with Gasteiger partial charge in [-0.05, 0) is 13.8 Å². The third-order valence-corrected chi connectivity index (χ3v) is 3.43. The fraction of sp³-hybridized carbons (Fsp3) is 0.444. The number of nitrogens with one attached hydrogen (secondary N) is 1. The van der Waals surface area contributed by atoms with Gasteiger partial charge < -0.3 is 5.32 Å². The monoisotopic (exact) mass is 241 g/mol. The Labute approximate surface area is 93.0 Å². The van der Waals surface area contributed by atoms with Crippen molar-refractivity contribution in [2.45, 2.75) is 24.4 Å². The molecule has 1 aliphatic heterocycles. The van der Waals surface area contributed by atoms with Crippen molar-refractivity contribution in [3.8, 4) is 0 Å². The number of fused-ring (bicyclic) bond motifs is 1. The lowest BCUT2D eigenvalue weighted by Crippen LogP contribution is -2.26. The standard InChI is InChI=1S/C9H11N3O3S/c1-9(2)5-4-10-8(16(3,14)15)12-6(5)11-7(9)13/h4H,1-3H3,(H,10,11,12,13). The fourth-order valence-electron chi connectivity index (χ4n) is 1.48. The molecule has 0 aromatic carbocycles. The molecule has 0 atom stereocenters. The molecule has 0 radical (unpaired) electrons. The van der Waals surface area contributed by atoms with Gasteiger partial charge in [-0.3, -0.25) is 4.79 Å². The Kier molecular flexibility index (Phi) is 2.06. The summed E-state index contributed by atoms with van der Waals surface area (Å²) in [6.07, 6.45) is 2.41. The first-order chi connectivity index (χ1) is 7.23. The van der Waals surface area contributed by atoms with Crippen LogP contribution in [0, 0.1) is 0 Å². The summed E-state index contributed by atoms with van der Waals surface area (Å²) in [7, 11) is -3.45. The Hall–Kier alpha value is -1.50. The van der Waals surface area contributed by atoms with Gasteiger partial charge in [0.05, 0.1) is 5.41 Å². The highest BCUT2D eigenvalue weighted by atomic mass is 32.2. The summed E-state index contributed by atoms with van der Waals surface area (Å²) in [5.74, 6) is 0.0767. The Bertz CT molecular complexity index is 578. The maximum atomic E-state index is 11.6. The van der Waals surface area contributed by atoms with Gasteiger partial charge in [-0.25, -0.2) is 18.4 Å². The number of amides is 1. The molecule has 0 saturated heterocycles. The molecule has 2 rings (SSSR count). The van der Waals surface area contributed by atoms with Crippen LogP contribution < -0.4 is 5.32 Å². The first-order valence-corrected chi connectivity index (χ1v) is 6.51. The van der Waals surface area contributed by atoms with Crippen molar-refractivity contribution in [3.05, 3.63) is 11.8 Å². The first kappa shape index (κ1) is 11.0. The lowest BCUT2D eigenvalue weighted by atomic mass is 9.88. The van der Waals surface area contributed by atoms with Crippen LogP contribution in [0.1, 0.15) is 19.4 Å². The number of carbonyl (C=O) groups excluding carboxylic acids is 1. The summed E-state index contributed by atoms with van der Waals surface area (Å²) >= 11 is 0. The molecular formula is C9H11N3O3S. The lowest BCUT2D eigenvalue weighted by molar-refractivity contribution is -0.119. The number of nitrogens with zero attached hydrogens (tertiary/aromatic N) is 2. The highest BCUT2D eigenvalue weighted by Crippen LogP contribution is 2.35. The van der Waals surface area contributed by atoms with Crippen LogP contribution in [0.25, 0.3) is 0 Å². The summed E-state index contributed by atoms with van der Waals surface area (Å²) < 4.78 is 22.5. The van der Waals surface area contributed by atoms with Crippen LogP contribution in [0.5, 0.6) is 0 Å². The van der Waals surface area contributed by atoms with E-state index in [2.05, 4.69) is 15.3 Å². The van der Waals surface area contributed by atoms with E-state index >= 15 is 0 Å². The zero-order valence-electron chi connectivity index (χ0n) is 9.10. The predicted octanol–water partition coefficient (Wildman–Crippen LogP) is 0.110. The van der Waals surface area contributed by atoms with Gasteiger partial charge in [0.15, 0.2) is 0 Å². The van der Waals surface area contributed by atoms with Crippen molar-refractivity contribution >= 4 is 21.6 Å². The minimum absolute atomic E-state index is 0.206. The van der Waals surface area contributed by atoms with Crippen molar-refractivity contribution in [1.29, 1.82) is 0 Å². The highest BCUT2D eigenvalue weighted by Gasteiger charge is 2.40. The number of rotatable bonds is 1. The Morgan fingerprint density at radius 2 is 2.00 bits per heavy atom. The van der Waals surface area contributed by atoms with E-state index in [-0.39, 0.29) is 16.9 Å². The molecule has 0 bridgehead atoms. The molecule has 86 valence electrons. The van der Waals surface area contributed by atoms with Crippen molar-refractivity contribution in [1.82, 2.24) is 9.97 Å². The largest absolute Gasteiger partial charge is 0.310 e. The topological polar surface area (TPSA) is 89.0 Å². The quantitative estimate of drug-likeness (QED) is 0.705. The van der Waals surface area contributed by atoms with Crippen LogP contribution in [0.15, 0.2) is 11.4 Å². The van der Waals surface area contributed by atoms with Gasteiger partial charge in [-0.1, -0.05) is 0 Å². The summed E-state index contributed by atoms with van der Waals surface area (Å²) in [5, 5.41) is 2.27. The Balaban J connectivity index is 2.62. The molecule has 0 spiro atoms. The zero-order valence-corrected chi connectivity index (χ0v) is 9.92. The number of sulfone groups is 1. The maximum absolute atomic E-state index is 11.6. The van der Waals surface area contributed by atoms with Crippen LogP contribution >= 0.6 is 0 Å². The molecule has 1 aromatic rings. The SMILES string of the molecule is CC1(C)C(=O)Nc2nc(S(C)(=O)=O)ncc21. The molecule has 1 N–H and O–H groups in total. The average molecular weight is 241 g/mol. The van der Waals surface area contributed by atoms with E-state index in [4.69, 9.17) is 0 Å². The van der Waals surface area contributed by atoms with Crippen LogP contribution in [0.3, 0.4) is 0 Å². The normalized spacial score (nSPS) is 18.1. The number of aromatic nitrogens is 2. The van der Waals surface area contributed by atoms with E-state index in [1.54, 1.807) is 13.8 Å². The van der Waals surface area contributed by atoms with Crippen LogP contribution in [0.2, 0.25) is 0 Å². The average Bonchev–Trinajstić information content (AvgIpc) is 2.36. The van der Waals surface area contributed by atoms with Crippen molar-refractivity contribution in [2.75, 3.05) is 11.6 Å². The third-order valence-electron chi connectivity index (χ3n) is 2.57. The molecule has 0 unspecified atom stereocenters. The van der Waals surface area contributed by atoms with Gasteiger partial charge in [0.2, 0.25) is 20.9 Å². The van der Waals surface area contributed by atoms with Gasteiger partial charge in [-0.15, -0.1) is 0 Å². The summed E-state index contributed by atoms with van der Waals surface area (Å²) in [4.78, 5) is 19.2. The van der Waals surface area contributed by atoms with Gasteiger partial charge in [0.1, 0.15) is 5.82 Å². The third kappa shape index (κ3) is 1.47. The number of hydrogen-bond donors (Lipinski definition) is 1. The van der Waals surface area contributed by atoms with Gasteiger partial charge in [0.25, 0.3) is 0 Å². The van der Waals surface area contributed by atoms with E-state index in [0.29, 0.717) is 5.56 Å². The smallest absolute Gasteiger partial charge is 0.248 e. The second-order valence-electron chi connectivity index (χ2n) is 4.27. The second-order valence-corrected chi connectivity index (χ2v) is 6.18. The van der Waals surface area contributed by atoms with Gasteiger partial charge >= 0.3 is 0 Å². The van der Waals surface area contributed by atoms with Crippen LogP contribution in [-0.2, 0) is 20.0 Å². The summed E-state index contributed by atoms with van der Waals surface area (Å²) in [6.45, 7) is 3.47. The minimum Gasteiger partial charge on any atom is -0.310 e. The summed E-state index contributed by atoms with van der Waals surface area (Å²) in [6, 6.07) is 0. The Morgan fingerprint density at radius 3 is 2.56 bits per heavy atom. The molecule has 1 aliphatic rings. The fourth-order valence-corrected chi connectivity index (χ4v) is 1.98. The number of carbonyl (C=O) groups is 1. The number of anilines is 1. The molecule has 2 heterocycles. The molecule has 0 saturated carbocycles. The first-order valence-electron chi connectivity index (χ1n) is 4.62. The van der Waals surface area contributed by atoms with Crippen LogP contribution in [-0.4, -0.2) is 30.5 Å². The predicted molar refractivity (Wildman–Crippen MR) is 56.8 cm³/mol. The van der Waals surface area contributed by atoms with Gasteiger partial charge in [-0.2, -0.15) is 0 Å². The second kappa shape index (κ2) is 3.00. The van der Waals surface area contributed by atoms with E-state index in [1.165, 1.54) is 6.20 Å². The zero-order chi connectivity index (χ0) is 12.1. The van der Waals surface area contributed by atoms with E-state index in [1.807, 2.05) is 0 Å². The highest BCUT2D eigenvalue weighted by molar-refractivity contribution is 7.90. The number of hydrogen-bond acceptors (Lipinski definition) is 5. The molecule has 0 aliphatic carbocycles.